The van der Waals surface area contributed by atoms with Gasteiger partial charge in [0.25, 0.3) is 0 Å². The van der Waals surface area contributed by atoms with Crippen molar-refractivity contribution < 1.29 is 0 Å². The molecule has 1 aromatic heterocycles. The summed E-state index contributed by atoms with van der Waals surface area (Å²) in [6, 6.07) is 27.2. The molecule has 4 heteroatoms. The van der Waals surface area contributed by atoms with Crippen LogP contribution >= 0.6 is 11.8 Å². The Hall–Kier alpha value is -2.85. The number of rotatable bonds is 5. The van der Waals surface area contributed by atoms with Gasteiger partial charge in [0.1, 0.15) is 0 Å². The number of hydrogen-bond acceptors (Lipinski definition) is 3. The Kier molecular flexibility index (Phi) is 5.07. The van der Waals surface area contributed by atoms with E-state index in [2.05, 4.69) is 89.3 Å². The minimum atomic E-state index is 0.867. The maximum absolute atomic E-state index is 4.51. The molecule has 3 nitrogen and oxygen atoms in total. The number of hydrogen-bond donors (Lipinski definition) is 0. The average Bonchev–Trinajstić information content (AvgIpc) is 3.12. The lowest BCUT2D eigenvalue weighted by Gasteiger charge is -2.11. The van der Waals surface area contributed by atoms with Gasteiger partial charge in [-0.05, 0) is 37.1 Å². The first kappa shape index (κ1) is 17.6. The average molecular weight is 372 g/mol. The number of aryl methyl sites for hydroxylation is 2. The molecule has 0 amide bonds. The molecule has 0 spiro atoms. The summed E-state index contributed by atoms with van der Waals surface area (Å²) in [4.78, 5) is 0. The lowest BCUT2D eigenvalue weighted by Crippen LogP contribution is -2.00. The predicted octanol–water partition coefficient (Wildman–Crippen LogP) is 5.84. The highest BCUT2D eigenvalue weighted by Gasteiger charge is 2.16. The van der Waals surface area contributed by atoms with Gasteiger partial charge in [-0.15, -0.1) is 10.2 Å². The summed E-state index contributed by atoms with van der Waals surface area (Å²) in [5.74, 6) is 1.73. The van der Waals surface area contributed by atoms with Crippen LogP contribution < -0.4 is 0 Å². The molecule has 1 heterocycles. The van der Waals surface area contributed by atoms with E-state index in [1.54, 1.807) is 11.8 Å². The Morgan fingerprint density at radius 3 is 2.22 bits per heavy atom. The number of nitrogens with zero attached hydrogens (tertiary/aromatic N) is 3. The molecule has 0 aliphatic carbocycles. The first-order valence-corrected chi connectivity index (χ1v) is 9.96. The summed E-state index contributed by atoms with van der Waals surface area (Å²) < 4.78 is 2.15. The van der Waals surface area contributed by atoms with Crippen molar-refractivity contribution in [2.24, 2.45) is 0 Å². The van der Waals surface area contributed by atoms with Gasteiger partial charge in [0.15, 0.2) is 11.0 Å². The van der Waals surface area contributed by atoms with Crippen LogP contribution in [0.2, 0.25) is 0 Å². The monoisotopic (exact) mass is 371 g/mol. The van der Waals surface area contributed by atoms with Gasteiger partial charge < -0.3 is 0 Å². The molecule has 0 aliphatic heterocycles. The van der Waals surface area contributed by atoms with Gasteiger partial charge in [0, 0.05) is 17.0 Å². The lowest BCUT2D eigenvalue weighted by molar-refractivity contribution is 0.885. The second kappa shape index (κ2) is 7.80. The summed E-state index contributed by atoms with van der Waals surface area (Å²) in [6.45, 7) is 4.25. The third kappa shape index (κ3) is 3.81. The van der Waals surface area contributed by atoms with E-state index in [1.165, 1.54) is 16.7 Å². The fraction of sp³-hybridized carbons (Fsp3) is 0.130. The molecular formula is C23H21N3S. The number of benzene rings is 3. The molecule has 0 N–H and O–H groups in total. The van der Waals surface area contributed by atoms with E-state index in [0.29, 0.717) is 0 Å². The van der Waals surface area contributed by atoms with E-state index < -0.39 is 0 Å². The van der Waals surface area contributed by atoms with Crippen LogP contribution in [0.25, 0.3) is 17.1 Å². The zero-order chi connectivity index (χ0) is 18.6. The Bertz CT molecular complexity index is 1040. The maximum Gasteiger partial charge on any atom is 0.196 e. The van der Waals surface area contributed by atoms with Gasteiger partial charge in [0.05, 0.1) is 0 Å². The van der Waals surface area contributed by atoms with E-state index in [1.807, 2.05) is 18.2 Å². The van der Waals surface area contributed by atoms with Crippen LogP contribution in [-0.4, -0.2) is 14.8 Å². The maximum atomic E-state index is 4.51. The zero-order valence-electron chi connectivity index (χ0n) is 15.5. The minimum Gasteiger partial charge on any atom is -0.270 e. The molecule has 134 valence electrons. The number of thioether (sulfide) groups is 1. The highest BCUT2D eigenvalue weighted by molar-refractivity contribution is 7.98. The summed E-state index contributed by atoms with van der Waals surface area (Å²) >= 11 is 1.72. The fourth-order valence-electron chi connectivity index (χ4n) is 2.98. The quantitative estimate of drug-likeness (QED) is 0.413. The second-order valence-corrected chi connectivity index (χ2v) is 7.50. The van der Waals surface area contributed by atoms with E-state index in [-0.39, 0.29) is 0 Å². The standard InChI is InChI=1S/C23H21N3S/c1-17-12-14-21(15-13-17)26-22(19-9-4-3-5-10-19)24-25-23(26)27-16-20-11-7-6-8-18(20)2/h3-15H,16H2,1-2H3. The van der Waals surface area contributed by atoms with Gasteiger partial charge in [-0.25, -0.2) is 0 Å². The third-order valence-corrected chi connectivity index (χ3v) is 5.55. The molecule has 4 rings (SSSR count). The first-order chi connectivity index (χ1) is 13.2. The molecule has 0 unspecified atom stereocenters. The molecule has 0 aliphatic rings. The van der Waals surface area contributed by atoms with Crippen LogP contribution in [0.5, 0.6) is 0 Å². The molecule has 0 radical (unpaired) electrons. The Labute approximate surface area is 164 Å². The van der Waals surface area contributed by atoms with E-state index in [0.717, 1.165) is 28.0 Å². The molecule has 0 saturated carbocycles. The molecule has 0 bridgehead atoms. The van der Waals surface area contributed by atoms with Crippen LogP contribution in [0.3, 0.4) is 0 Å². The third-order valence-electron chi connectivity index (χ3n) is 4.58. The Morgan fingerprint density at radius 2 is 1.48 bits per heavy atom. The summed E-state index contributed by atoms with van der Waals surface area (Å²) in [5, 5.41) is 9.93. The predicted molar refractivity (Wildman–Crippen MR) is 112 cm³/mol. The van der Waals surface area contributed by atoms with Crippen LogP contribution in [0.4, 0.5) is 0 Å². The largest absolute Gasteiger partial charge is 0.270 e. The topological polar surface area (TPSA) is 30.7 Å². The SMILES string of the molecule is Cc1ccc(-n2c(SCc3ccccc3C)nnc2-c2ccccc2)cc1. The summed E-state index contributed by atoms with van der Waals surface area (Å²) in [5.41, 5.74) is 6.00. The van der Waals surface area contributed by atoms with Gasteiger partial charge in [-0.1, -0.05) is 84.1 Å². The highest BCUT2D eigenvalue weighted by atomic mass is 32.2. The zero-order valence-corrected chi connectivity index (χ0v) is 16.3. The molecule has 3 aromatic carbocycles. The van der Waals surface area contributed by atoms with Crippen molar-refractivity contribution in [1.82, 2.24) is 14.8 Å². The smallest absolute Gasteiger partial charge is 0.196 e. The van der Waals surface area contributed by atoms with Crippen LogP contribution in [0.15, 0.2) is 84.0 Å². The molecule has 0 fully saturated rings. The van der Waals surface area contributed by atoms with Crippen molar-refractivity contribution in [2.75, 3.05) is 0 Å². The van der Waals surface area contributed by atoms with Crippen molar-refractivity contribution >= 4 is 11.8 Å². The van der Waals surface area contributed by atoms with Crippen molar-refractivity contribution in [2.45, 2.75) is 24.8 Å². The van der Waals surface area contributed by atoms with E-state index in [4.69, 9.17) is 0 Å². The van der Waals surface area contributed by atoms with E-state index >= 15 is 0 Å². The van der Waals surface area contributed by atoms with Gasteiger partial charge >= 0.3 is 0 Å². The summed E-state index contributed by atoms with van der Waals surface area (Å²) in [7, 11) is 0. The lowest BCUT2D eigenvalue weighted by atomic mass is 10.1. The molecule has 0 saturated heterocycles. The van der Waals surface area contributed by atoms with Gasteiger partial charge in [-0.2, -0.15) is 0 Å². The van der Waals surface area contributed by atoms with Crippen molar-refractivity contribution in [3.8, 4) is 17.1 Å². The summed E-state index contributed by atoms with van der Waals surface area (Å²) in [6.07, 6.45) is 0. The second-order valence-electron chi connectivity index (χ2n) is 6.56. The molecule has 4 aromatic rings. The van der Waals surface area contributed by atoms with Crippen LogP contribution in [-0.2, 0) is 5.75 Å². The molecule has 0 atom stereocenters. The highest BCUT2D eigenvalue weighted by Crippen LogP contribution is 2.30. The Balaban J connectivity index is 1.74. The van der Waals surface area contributed by atoms with Crippen LogP contribution in [0, 0.1) is 13.8 Å². The Morgan fingerprint density at radius 1 is 0.778 bits per heavy atom. The van der Waals surface area contributed by atoms with Crippen molar-refractivity contribution in [3.05, 3.63) is 95.6 Å². The van der Waals surface area contributed by atoms with Gasteiger partial charge in [0.2, 0.25) is 0 Å². The molecule has 27 heavy (non-hydrogen) atoms. The normalized spacial score (nSPS) is 10.9. The fourth-order valence-corrected chi connectivity index (χ4v) is 4.01. The van der Waals surface area contributed by atoms with Gasteiger partial charge in [-0.3, -0.25) is 4.57 Å². The molecular weight excluding hydrogens is 350 g/mol. The van der Waals surface area contributed by atoms with Crippen molar-refractivity contribution in [3.63, 3.8) is 0 Å². The van der Waals surface area contributed by atoms with Crippen LogP contribution in [0.1, 0.15) is 16.7 Å². The first-order valence-electron chi connectivity index (χ1n) is 8.97. The minimum absolute atomic E-state index is 0.867. The van der Waals surface area contributed by atoms with Crippen molar-refractivity contribution in [1.29, 1.82) is 0 Å². The van der Waals surface area contributed by atoms with E-state index in [9.17, 15) is 0 Å². The number of aromatic nitrogens is 3.